The Morgan fingerprint density at radius 2 is 1.53 bits per heavy atom. The number of halogens is 2. The average molecular weight is 487 g/mol. The molecule has 0 unspecified atom stereocenters. The first-order chi connectivity index (χ1) is 16.4. The van der Waals surface area contributed by atoms with Crippen LogP contribution in [-0.2, 0) is 5.60 Å². The summed E-state index contributed by atoms with van der Waals surface area (Å²) in [5.41, 5.74) is 0.611. The van der Waals surface area contributed by atoms with E-state index in [9.17, 15) is 9.50 Å². The van der Waals surface area contributed by atoms with Gasteiger partial charge in [-0.05, 0) is 36.8 Å². The lowest BCUT2D eigenvalue weighted by atomic mass is 9.95. The fourth-order valence-corrected chi connectivity index (χ4v) is 4.15. The highest BCUT2D eigenvalue weighted by molar-refractivity contribution is 6.33. The van der Waals surface area contributed by atoms with E-state index >= 15 is 0 Å². The van der Waals surface area contributed by atoms with Crippen LogP contribution in [0.15, 0.2) is 78.9 Å². The van der Waals surface area contributed by atoms with Crippen molar-refractivity contribution in [1.29, 1.82) is 0 Å². The highest BCUT2D eigenvalue weighted by Crippen LogP contribution is 2.31. The van der Waals surface area contributed by atoms with Gasteiger partial charge in [-0.15, -0.1) is 0 Å². The van der Waals surface area contributed by atoms with E-state index < -0.39 is 5.60 Å². The van der Waals surface area contributed by atoms with E-state index in [2.05, 4.69) is 9.80 Å². The van der Waals surface area contributed by atoms with Gasteiger partial charge in [-0.3, -0.25) is 4.90 Å². The predicted octanol–water partition coefficient (Wildman–Crippen LogP) is 4.57. The lowest BCUT2D eigenvalue weighted by Gasteiger charge is -2.39. The van der Waals surface area contributed by atoms with Crippen molar-refractivity contribution in [2.24, 2.45) is 0 Å². The molecule has 7 heteroatoms. The molecule has 4 rings (SSSR count). The first kappa shape index (κ1) is 26.0. The van der Waals surface area contributed by atoms with Gasteiger partial charge in [-0.25, -0.2) is 4.39 Å². The maximum absolute atomic E-state index is 13.1. The van der Waals surface area contributed by atoms with Gasteiger partial charge in [0, 0.05) is 38.8 Å². The molecule has 1 aliphatic rings. The van der Waals surface area contributed by atoms with Gasteiger partial charge in [0.05, 0.1) is 22.9 Å². The van der Waals surface area contributed by atoms with Crippen LogP contribution in [0.25, 0.3) is 0 Å². The molecule has 0 aliphatic carbocycles. The minimum Gasteiger partial charge on any atom is -0.491 e. The summed E-state index contributed by atoms with van der Waals surface area (Å²) in [5, 5.41) is 20.3. The lowest BCUT2D eigenvalue weighted by Crippen LogP contribution is -2.50. The molecule has 0 radical (unpaired) electrons. The molecule has 1 heterocycles. The molecular formula is C27H32ClFN2O3. The van der Waals surface area contributed by atoms with Crippen LogP contribution in [0, 0.1) is 5.82 Å². The molecule has 1 atom stereocenters. The van der Waals surface area contributed by atoms with Crippen molar-refractivity contribution in [3.8, 4) is 5.75 Å². The third kappa shape index (κ3) is 7.71. The minimum absolute atomic E-state index is 0.0387. The molecule has 182 valence electrons. The van der Waals surface area contributed by atoms with Crippen LogP contribution in [0.5, 0.6) is 5.75 Å². The number of hydrogen-bond acceptors (Lipinski definition) is 5. The highest BCUT2D eigenvalue weighted by Gasteiger charge is 2.28. The van der Waals surface area contributed by atoms with Gasteiger partial charge in [0.2, 0.25) is 0 Å². The summed E-state index contributed by atoms with van der Waals surface area (Å²) < 4.78 is 18.5. The summed E-state index contributed by atoms with van der Waals surface area (Å²) in [5.74, 6) is 0.328. The van der Waals surface area contributed by atoms with Crippen molar-refractivity contribution in [2.75, 3.05) is 50.8 Å². The zero-order chi connectivity index (χ0) is 24.4. The van der Waals surface area contributed by atoms with Crippen molar-refractivity contribution in [3.63, 3.8) is 0 Å². The number of piperazine rings is 1. The molecule has 0 spiro atoms. The molecule has 0 aromatic heterocycles. The first-order valence-corrected chi connectivity index (χ1v) is 11.8. The summed E-state index contributed by atoms with van der Waals surface area (Å²) in [7, 11) is 0. The van der Waals surface area contributed by atoms with E-state index in [0.29, 0.717) is 22.9 Å². The maximum atomic E-state index is 13.1. The molecule has 0 saturated carbocycles. The molecule has 2 N–H and O–H groups in total. The van der Waals surface area contributed by atoms with Gasteiger partial charge >= 0.3 is 0 Å². The number of benzene rings is 3. The standard InChI is InChI=1S/C21H26ClFN2O3.C6H6/c1-21(27,16-2-4-17(23)5-3-16)15-24-8-10-25(11-9-24)20-7-6-18(14-19(20)22)28-13-12-26;1-2-4-6-5-3-1/h2-7,14,26-27H,8-13,15H2,1H3;1-6H/t21-;/m1./s1. The highest BCUT2D eigenvalue weighted by atomic mass is 35.5. The molecule has 34 heavy (non-hydrogen) atoms. The average Bonchev–Trinajstić information content (AvgIpc) is 2.85. The lowest BCUT2D eigenvalue weighted by molar-refractivity contribution is 0.0143. The van der Waals surface area contributed by atoms with Crippen molar-refractivity contribution in [2.45, 2.75) is 12.5 Å². The number of nitrogens with zero attached hydrogens (tertiary/aromatic N) is 2. The Morgan fingerprint density at radius 1 is 0.941 bits per heavy atom. The topological polar surface area (TPSA) is 56.2 Å². The largest absolute Gasteiger partial charge is 0.491 e. The summed E-state index contributed by atoms with van der Waals surface area (Å²) in [6, 6.07) is 23.5. The Labute approximate surface area is 206 Å². The van der Waals surface area contributed by atoms with Crippen molar-refractivity contribution in [1.82, 2.24) is 4.90 Å². The molecule has 3 aromatic rings. The maximum Gasteiger partial charge on any atom is 0.123 e. The zero-order valence-corrected chi connectivity index (χ0v) is 20.2. The Balaban J connectivity index is 0.000000469. The van der Waals surface area contributed by atoms with Crippen LogP contribution >= 0.6 is 11.6 Å². The molecule has 0 amide bonds. The number of hydrogen-bond donors (Lipinski definition) is 2. The molecule has 5 nitrogen and oxygen atoms in total. The SMILES string of the molecule is C[C@@](O)(CN1CCN(c2ccc(OCCO)cc2Cl)CC1)c1ccc(F)cc1.c1ccccc1. The van der Waals surface area contributed by atoms with Crippen LogP contribution in [0.3, 0.4) is 0 Å². The van der Waals surface area contributed by atoms with Gasteiger partial charge < -0.3 is 19.8 Å². The fourth-order valence-electron chi connectivity index (χ4n) is 3.86. The van der Waals surface area contributed by atoms with Crippen LogP contribution in [0.1, 0.15) is 12.5 Å². The van der Waals surface area contributed by atoms with E-state index in [4.69, 9.17) is 21.4 Å². The second kappa shape index (κ2) is 12.7. The second-order valence-electron chi connectivity index (χ2n) is 8.38. The van der Waals surface area contributed by atoms with Crippen LogP contribution < -0.4 is 9.64 Å². The third-order valence-corrected chi connectivity index (χ3v) is 5.96. The van der Waals surface area contributed by atoms with Crippen molar-refractivity contribution < 1.29 is 19.3 Å². The normalized spacial score (nSPS) is 15.7. The number of anilines is 1. The van der Waals surface area contributed by atoms with E-state index in [1.807, 2.05) is 48.5 Å². The zero-order valence-electron chi connectivity index (χ0n) is 19.4. The van der Waals surface area contributed by atoms with Crippen LogP contribution in [0.2, 0.25) is 5.02 Å². The first-order valence-electron chi connectivity index (χ1n) is 11.4. The molecule has 0 bridgehead atoms. The number of aliphatic hydroxyl groups excluding tert-OH is 1. The Morgan fingerprint density at radius 3 is 2.06 bits per heavy atom. The predicted molar refractivity (Wildman–Crippen MR) is 135 cm³/mol. The van der Waals surface area contributed by atoms with Gasteiger partial charge in [0.15, 0.2) is 0 Å². The van der Waals surface area contributed by atoms with Crippen LogP contribution in [-0.4, -0.2) is 61.1 Å². The van der Waals surface area contributed by atoms with Gasteiger partial charge in [0.1, 0.15) is 18.2 Å². The Hall–Kier alpha value is -2.64. The second-order valence-corrected chi connectivity index (χ2v) is 8.79. The molecule has 1 aliphatic heterocycles. The monoisotopic (exact) mass is 486 g/mol. The van der Waals surface area contributed by atoms with E-state index in [-0.39, 0.29) is 19.0 Å². The number of rotatable bonds is 7. The molecule has 1 fully saturated rings. The fraction of sp³-hybridized carbons (Fsp3) is 0.333. The number of β-amino-alcohol motifs (C(OH)–C–C–N with tert-alkyl or cyclic N) is 1. The van der Waals surface area contributed by atoms with E-state index in [1.165, 1.54) is 12.1 Å². The smallest absolute Gasteiger partial charge is 0.123 e. The summed E-state index contributed by atoms with van der Waals surface area (Å²) >= 11 is 6.41. The van der Waals surface area contributed by atoms with Gasteiger partial charge in [0.25, 0.3) is 0 Å². The molecular weight excluding hydrogens is 455 g/mol. The van der Waals surface area contributed by atoms with E-state index in [1.54, 1.807) is 25.1 Å². The Kier molecular flexibility index (Phi) is 9.72. The van der Waals surface area contributed by atoms with Crippen LogP contribution in [0.4, 0.5) is 10.1 Å². The summed E-state index contributed by atoms with van der Waals surface area (Å²) in [6.45, 7) is 5.59. The van der Waals surface area contributed by atoms with Gasteiger partial charge in [-0.1, -0.05) is 60.1 Å². The van der Waals surface area contributed by atoms with Crippen molar-refractivity contribution >= 4 is 17.3 Å². The number of aliphatic hydroxyl groups is 2. The molecule has 1 saturated heterocycles. The van der Waals surface area contributed by atoms with Gasteiger partial charge in [-0.2, -0.15) is 0 Å². The van der Waals surface area contributed by atoms with Crippen molar-refractivity contribution in [3.05, 3.63) is 95.3 Å². The minimum atomic E-state index is -1.04. The third-order valence-electron chi connectivity index (χ3n) is 5.66. The summed E-state index contributed by atoms with van der Waals surface area (Å²) in [4.78, 5) is 4.41. The summed E-state index contributed by atoms with van der Waals surface area (Å²) in [6.07, 6.45) is 0. The Bertz CT molecular complexity index is 968. The number of ether oxygens (including phenoxy) is 1. The quantitative estimate of drug-likeness (QED) is 0.512. The molecule has 3 aromatic carbocycles. The van der Waals surface area contributed by atoms with E-state index in [0.717, 1.165) is 31.9 Å².